The molecule has 9 heteroatoms. The van der Waals surface area contributed by atoms with E-state index in [-0.39, 0.29) is 30.3 Å². The summed E-state index contributed by atoms with van der Waals surface area (Å²) in [7, 11) is 2.06. The summed E-state index contributed by atoms with van der Waals surface area (Å²) >= 11 is 1.41. The lowest BCUT2D eigenvalue weighted by atomic mass is 9.87. The van der Waals surface area contributed by atoms with E-state index in [0.717, 1.165) is 41.2 Å². The molecule has 2 aliphatic rings. The fraction of sp³-hybridized carbons (Fsp3) is 0.393. The lowest BCUT2D eigenvalue weighted by molar-refractivity contribution is -0.132. The standard InChI is InChI=1S/C28H31FN4O3S/c1-3-26(34)33-11-10-19-6-9-22(16-23(19)27(33)20-4-7-21(29)8-5-20)36-17-25-30-24(18-37-25)28(35)32-14-12-31(2)13-15-32/h4-9,16,18,27H,3,10-15,17H2,1-2H3. The summed E-state index contributed by atoms with van der Waals surface area (Å²) in [5.41, 5.74) is 3.47. The van der Waals surface area contributed by atoms with Gasteiger partial charge in [-0.15, -0.1) is 11.3 Å². The van der Waals surface area contributed by atoms with Crippen LogP contribution in [0.1, 0.15) is 51.6 Å². The van der Waals surface area contributed by atoms with Crippen molar-refractivity contribution in [3.63, 3.8) is 0 Å². The van der Waals surface area contributed by atoms with Gasteiger partial charge in [-0.3, -0.25) is 9.59 Å². The van der Waals surface area contributed by atoms with Crippen LogP contribution >= 0.6 is 11.3 Å². The molecule has 0 aliphatic carbocycles. The maximum atomic E-state index is 13.6. The number of likely N-dealkylation sites (N-methyl/N-ethyl adjacent to an activating group) is 1. The zero-order valence-corrected chi connectivity index (χ0v) is 22.0. The molecule has 7 nitrogen and oxygen atoms in total. The molecule has 2 aliphatic heterocycles. The molecule has 0 N–H and O–H groups in total. The molecule has 2 aromatic carbocycles. The summed E-state index contributed by atoms with van der Waals surface area (Å²) in [6.45, 7) is 5.87. The van der Waals surface area contributed by atoms with Gasteiger partial charge in [-0.2, -0.15) is 0 Å². The van der Waals surface area contributed by atoms with Crippen LogP contribution in [0.15, 0.2) is 47.8 Å². The molecule has 0 bridgehead atoms. The number of ether oxygens (including phenoxy) is 1. The predicted octanol–water partition coefficient (Wildman–Crippen LogP) is 4.13. The summed E-state index contributed by atoms with van der Waals surface area (Å²) in [6, 6.07) is 12.0. The monoisotopic (exact) mass is 522 g/mol. The quantitative estimate of drug-likeness (QED) is 0.487. The second kappa shape index (κ2) is 11.0. The highest BCUT2D eigenvalue weighted by molar-refractivity contribution is 7.09. The number of rotatable bonds is 6. The molecular formula is C28H31FN4O3S. The smallest absolute Gasteiger partial charge is 0.273 e. The Bertz CT molecular complexity index is 1270. The Morgan fingerprint density at radius 3 is 2.57 bits per heavy atom. The van der Waals surface area contributed by atoms with E-state index >= 15 is 0 Å². The van der Waals surface area contributed by atoms with E-state index in [4.69, 9.17) is 4.74 Å². The van der Waals surface area contributed by atoms with Gasteiger partial charge in [0.2, 0.25) is 5.91 Å². The first-order valence-electron chi connectivity index (χ1n) is 12.7. The maximum absolute atomic E-state index is 13.6. The molecular weight excluding hydrogens is 491 g/mol. The van der Waals surface area contributed by atoms with Crippen LogP contribution in [0.4, 0.5) is 4.39 Å². The molecule has 0 radical (unpaired) electrons. The largest absolute Gasteiger partial charge is 0.486 e. The summed E-state index contributed by atoms with van der Waals surface area (Å²) in [6.07, 6.45) is 1.16. The molecule has 0 saturated carbocycles. The van der Waals surface area contributed by atoms with Crippen molar-refractivity contribution < 1.29 is 18.7 Å². The SMILES string of the molecule is CCC(=O)N1CCc2ccc(OCc3nc(C(=O)N4CCN(C)CC4)cs3)cc2C1c1ccc(F)cc1. The Hall–Kier alpha value is -3.30. The summed E-state index contributed by atoms with van der Waals surface area (Å²) in [5.74, 6) is 0.386. The summed E-state index contributed by atoms with van der Waals surface area (Å²) in [4.78, 5) is 36.1. The second-order valence-electron chi connectivity index (χ2n) is 9.52. The van der Waals surface area contributed by atoms with Gasteiger partial charge in [0, 0.05) is 44.5 Å². The predicted molar refractivity (Wildman–Crippen MR) is 140 cm³/mol. The van der Waals surface area contributed by atoms with Crippen LogP contribution in [-0.2, 0) is 17.8 Å². The van der Waals surface area contributed by atoms with E-state index in [0.29, 0.717) is 37.5 Å². The van der Waals surface area contributed by atoms with E-state index in [2.05, 4.69) is 16.9 Å². The number of nitrogens with zero attached hydrogens (tertiary/aromatic N) is 4. The first kappa shape index (κ1) is 25.4. The van der Waals surface area contributed by atoms with Crippen LogP contribution < -0.4 is 4.74 Å². The number of aromatic nitrogens is 1. The van der Waals surface area contributed by atoms with Gasteiger partial charge in [-0.1, -0.05) is 25.1 Å². The molecule has 194 valence electrons. The molecule has 3 heterocycles. The van der Waals surface area contributed by atoms with Crippen molar-refractivity contribution in [1.29, 1.82) is 0 Å². The van der Waals surface area contributed by atoms with Crippen molar-refractivity contribution >= 4 is 23.2 Å². The number of benzene rings is 2. The van der Waals surface area contributed by atoms with Crippen LogP contribution in [0.2, 0.25) is 0 Å². The Kier molecular flexibility index (Phi) is 7.53. The van der Waals surface area contributed by atoms with E-state index in [1.807, 2.05) is 34.9 Å². The van der Waals surface area contributed by atoms with Gasteiger partial charge >= 0.3 is 0 Å². The topological polar surface area (TPSA) is 66.0 Å². The van der Waals surface area contributed by atoms with Crippen molar-refractivity contribution in [3.05, 3.63) is 81.1 Å². The highest BCUT2D eigenvalue weighted by Gasteiger charge is 2.32. The van der Waals surface area contributed by atoms with Crippen LogP contribution in [0.3, 0.4) is 0 Å². The lowest BCUT2D eigenvalue weighted by Crippen LogP contribution is -2.47. The van der Waals surface area contributed by atoms with Crippen LogP contribution in [0, 0.1) is 5.82 Å². The number of piperazine rings is 1. The number of halogens is 1. The van der Waals surface area contributed by atoms with Gasteiger partial charge in [0.15, 0.2) is 0 Å². The molecule has 2 amide bonds. The van der Waals surface area contributed by atoms with E-state index in [9.17, 15) is 14.0 Å². The van der Waals surface area contributed by atoms with E-state index in [1.54, 1.807) is 17.5 Å². The summed E-state index contributed by atoms with van der Waals surface area (Å²) < 4.78 is 19.7. The number of hydrogen-bond donors (Lipinski definition) is 0. The minimum atomic E-state index is -0.306. The second-order valence-corrected chi connectivity index (χ2v) is 10.5. The van der Waals surface area contributed by atoms with E-state index in [1.165, 1.54) is 23.5 Å². The molecule has 1 unspecified atom stereocenters. The molecule has 5 rings (SSSR count). The number of fused-ring (bicyclic) bond motifs is 1. The summed E-state index contributed by atoms with van der Waals surface area (Å²) in [5, 5.41) is 2.53. The van der Waals surface area contributed by atoms with Crippen LogP contribution in [0.5, 0.6) is 5.75 Å². The van der Waals surface area contributed by atoms with Crippen molar-refractivity contribution in [2.45, 2.75) is 32.4 Å². The Morgan fingerprint density at radius 1 is 1.08 bits per heavy atom. The number of thiazole rings is 1. The number of amides is 2. The average molecular weight is 523 g/mol. The van der Waals surface area contributed by atoms with Crippen molar-refractivity contribution in [2.24, 2.45) is 0 Å². The van der Waals surface area contributed by atoms with Gasteiger partial charge in [0.1, 0.15) is 28.9 Å². The van der Waals surface area contributed by atoms with Crippen molar-refractivity contribution in [1.82, 2.24) is 19.7 Å². The van der Waals surface area contributed by atoms with Gasteiger partial charge in [0.25, 0.3) is 5.91 Å². The molecule has 3 aromatic rings. The zero-order valence-electron chi connectivity index (χ0n) is 21.2. The minimum absolute atomic E-state index is 0.0350. The van der Waals surface area contributed by atoms with Crippen LogP contribution in [0.25, 0.3) is 0 Å². The first-order valence-corrected chi connectivity index (χ1v) is 13.5. The Balaban J connectivity index is 1.33. The minimum Gasteiger partial charge on any atom is -0.486 e. The number of hydrogen-bond acceptors (Lipinski definition) is 6. The maximum Gasteiger partial charge on any atom is 0.273 e. The van der Waals surface area contributed by atoms with Crippen molar-refractivity contribution in [2.75, 3.05) is 39.8 Å². The highest BCUT2D eigenvalue weighted by Crippen LogP contribution is 2.37. The highest BCUT2D eigenvalue weighted by atomic mass is 32.1. The molecule has 1 aromatic heterocycles. The molecule has 37 heavy (non-hydrogen) atoms. The number of carbonyl (C=O) groups excluding carboxylic acids is 2. The zero-order chi connectivity index (χ0) is 25.9. The van der Waals surface area contributed by atoms with Gasteiger partial charge in [0.05, 0.1) is 6.04 Å². The van der Waals surface area contributed by atoms with E-state index < -0.39 is 0 Å². The van der Waals surface area contributed by atoms with Crippen molar-refractivity contribution in [3.8, 4) is 5.75 Å². The third kappa shape index (κ3) is 5.52. The third-order valence-corrected chi connectivity index (χ3v) is 7.90. The molecule has 1 atom stereocenters. The fourth-order valence-electron chi connectivity index (χ4n) is 4.95. The fourth-order valence-corrected chi connectivity index (χ4v) is 5.63. The number of carbonyl (C=O) groups is 2. The van der Waals surface area contributed by atoms with Gasteiger partial charge < -0.3 is 19.4 Å². The first-order chi connectivity index (χ1) is 17.9. The molecule has 0 spiro atoms. The average Bonchev–Trinajstić information content (AvgIpc) is 3.40. The third-order valence-electron chi connectivity index (χ3n) is 7.08. The molecule has 1 saturated heterocycles. The lowest BCUT2D eigenvalue weighted by Gasteiger charge is -2.38. The van der Waals surface area contributed by atoms with Crippen LogP contribution in [-0.4, -0.2) is 71.3 Å². The Labute approximate surface area is 220 Å². The van der Waals surface area contributed by atoms with Gasteiger partial charge in [-0.05, 0) is 54.4 Å². The Morgan fingerprint density at radius 2 is 1.84 bits per heavy atom. The van der Waals surface area contributed by atoms with Gasteiger partial charge in [-0.25, -0.2) is 9.37 Å². The normalized spacial score (nSPS) is 18.0. The molecule has 1 fully saturated rings.